The second-order valence-corrected chi connectivity index (χ2v) is 6.19. The van der Waals surface area contributed by atoms with Gasteiger partial charge in [0.1, 0.15) is 6.10 Å². The van der Waals surface area contributed by atoms with Crippen molar-refractivity contribution in [3.8, 4) is 0 Å². The molecule has 6 heteroatoms. The van der Waals surface area contributed by atoms with Gasteiger partial charge in [-0.05, 0) is 12.3 Å². The summed E-state index contributed by atoms with van der Waals surface area (Å²) in [6, 6.07) is 0. The molecule has 0 fully saturated rings. The van der Waals surface area contributed by atoms with Crippen LogP contribution >= 0.6 is 11.6 Å². The molecule has 0 saturated carbocycles. The topological polar surface area (TPSA) is 56.5 Å². The molecule has 116 valence electrons. The summed E-state index contributed by atoms with van der Waals surface area (Å²) in [6.45, 7) is 9.57. The fourth-order valence-electron chi connectivity index (χ4n) is 2.16. The Labute approximate surface area is 125 Å². The molecule has 2 unspecified atom stereocenters. The molecule has 0 amide bonds. The number of hydrogen-bond donors (Lipinski definition) is 1. The molecular formula is C14H25ClN2O3. The van der Waals surface area contributed by atoms with Crippen molar-refractivity contribution in [3.63, 3.8) is 0 Å². The Morgan fingerprint density at radius 2 is 2.10 bits per heavy atom. The first-order valence-corrected chi connectivity index (χ1v) is 7.20. The highest BCUT2D eigenvalue weighted by Crippen LogP contribution is 2.35. The Balaban J connectivity index is 3.04. The van der Waals surface area contributed by atoms with Gasteiger partial charge in [0, 0.05) is 13.7 Å². The first kappa shape index (κ1) is 17.4. The van der Waals surface area contributed by atoms with Crippen LogP contribution in [0.4, 0.5) is 0 Å². The molecule has 0 spiro atoms. The van der Waals surface area contributed by atoms with Crippen LogP contribution < -0.4 is 0 Å². The van der Waals surface area contributed by atoms with Gasteiger partial charge >= 0.3 is 0 Å². The van der Waals surface area contributed by atoms with E-state index in [4.69, 9.17) is 21.1 Å². The Morgan fingerprint density at radius 3 is 2.60 bits per heavy atom. The smallest absolute Gasteiger partial charge is 0.124 e. The van der Waals surface area contributed by atoms with Gasteiger partial charge in [0.25, 0.3) is 0 Å². The molecule has 1 N–H and O–H groups in total. The SMILES string of the molecule is CCOC(C(O)c1c(Cl)cnn1CCOC)C(C)(C)C. The number of nitrogens with zero attached hydrogens (tertiary/aromatic N) is 2. The highest BCUT2D eigenvalue weighted by Gasteiger charge is 2.35. The summed E-state index contributed by atoms with van der Waals surface area (Å²) < 4.78 is 12.4. The van der Waals surface area contributed by atoms with E-state index in [9.17, 15) is 5.11 Å². The number of aromatic nitrogens is 2. The number of methoxy groups -OCH3 is 1. The minimum atomic E-state index is -0.832. The lowest BCUT2D eigenvalue weighted by Gasteiger charge is -2.34. The number of aliphatic hydroxyl groups excluding tert-OH is 1. The van der Waals surface area contributed by atoms with Crippen LogP contribution in [0.15, 0.2) is 6.20 Å². The summed E-state index contributed by atoms with van der Waals surface area (Å²) in [5.74, 6) is 0. The third-order valence-electron chi connectivity index (χ3n) is 3.11. The monoisotopic (exact) mass is 304 g/mol. The van der Waals surface area contributed by atoms with Gasteiger partial charge in [0.2, 0.25) is 0 Å². The van der Waals surface area contributed by atoms with E-state index in [0.717, 1.165) is 0 Å². The Kier molecular flexibility index (Phi) is 6.45. The van der Waals surface area contributed by atoms with E-state index in [1.807, 2.05) is 27.7 Å². The van der Waals surface area contributed by atoms with Crippen LogP contribution in [-0.4, -0.2) is 41.3 Å². The van der Waals surface area contributed by atoms with Crippen molar-refractivity contribution in [2.45, 2.75) is 46.4 Å². The number of rotatable bonds is 7. The summed E-state index contributed by atoms with van der Waals surface area (Å²) in [5, 5.41) is 15.3. The number of ether oxygens (including phenoxy) is 2. The molecule has 0 bridgehead atoms. The lowest BCUT2D eigenvalue weighted by Crippen LogP contribution is -2.36. The van der Waals surface area contributed by atoms with E-state index >= 15 is 0 Å². The zero-order valence-electron chi connectivity index (χ0n) is 12.9. The van der Waals surface area contributed by atoms with E-state index in [0.29, 0.717) is 30.5 Å². The number of aliphatic hydroxyl groups is 1. The molecule has 0 aliphatic carbocycles. The van der Waals surface area contributed by atoms with Gasteiger partial charge in [-0.25, -0.2) is 0 Å². The largest absolute Gasteiger partial charge is 0.384 e. The van der Waals surface area contributed by atoms with Gasteiger partial charge in [-0.1, -0.05) is 32.4 Å². The van der Waals surface area contributed by atoms with Crippen molar-refractivity contribution in [2.24, 2.45) is 5.41 Å². The van der Waals surface area contributed by atoms with Crippen LogP contribution in [0, 0.1) is 5.41 Å². The van der Waals surface area contributed by atoms with Crippen molar-refractivity contribution in [1.82, 2.24) is 9.78 Å². The van der Waals surface area contributed by atoms with Gasteiger partial charge in [-0.15, -0.1) is 0 Å². The lowest BCUT2D eigenvalue weighted by molar-refractivity contribution is -0.0927. The maximum Gasteiger partial charge on any atom is 0.124 e. The average Bonchev–Trinajstić information content (AvgIpc) is 2.72. The highest BCUT2D eigenvalue weighted by molar-refractivity contribution is 6.31. The molecule has 1 heterocycles. The maximum atomic E-state index is 10.7. The van der Waals surface area contributed by atoms with Gasteiger partial charge in [-0.3, -0.25) is 4.68 Å². The van der Waals surface area contributed by atoms with Crippen LogP contribution in [0.5, 0.6) is 0 Å². The standard InChI is InChI=1S/C14H25ClN2O3/c1-6-20-13(14(2,3)4)12(18)11-10(15)9-16-17(11)7-8-19-5/h9,12-13,18H,6-8H2,1-5H3. The number of hydrogen-bond acceptors (Lipinski definition) is 4. The summed E-state index contributed by atoms with van der Waals surface area (Å²) in [6.07, 6.45) is 0.353. The predicted octanol–water partition coefficient (Wildman–Crippen LogP) is 2.67. The van der Waals surface area contributed by atoms with Gasteiger partial charge in [0.05, 0.1) is 36.2 Å². The minimum Gasteiger partial charge on any atom is -0.384 e. The van der Waals surface area contributed by atoms with Crippen molar-refractivity contribution in [1.29, 1.82) is 0 Å². The van der Waals surface area contributed by atoms with Crippen LogP contribution in [-0.2, 0) is 16.0 Å². The van der Waals surface area contributed by atoms with Gasteiger partial charge < -0.3 is 14.6 Å². The fraction of sp³-hybridized carbons (Fsp3) is 0.786. The van der Waals surface area contributed by atoms with Crippen LogP contribution in [0.1, 0.15) is 39.5 Å². The summed E-state index contributed by atoms with van der Waals surface area (Å²) in [5.41, 5.74) is 0.367. The highest BCUT2D eigenvalue weighted by atomic mass is 35.5. The number of halogens is 1. The molecule has 1 rings (SSSR count). The molecule has 1 aromatic heterocycles. The first-order chi connectivity index (χ1) is 9.32. The molecule has 0 aromatic carbocycles. The second kappa shape index (κ2) is 7.41. The molecule has 2 atom stereocenters. The zero-order chi connectivity index (χ0) is 15.3. The fourth-order valence-corrected chi connectivity index (χ4v) is 2.41. The van der Waals surface area contributed by atoms with Crippen LogP contribution in [0.25, 0.3) is 0 Å². The molecule has 0 radical (unpaired) electrons. The van der Waals surface area contributed by atoms with Crippen molar-refractivity contribution in [2.75, 3.05) is 20.3 Å². The summed E-state index contributed by atoms with van der Waals surface area (Å²) in [7, 11) is 1.62. The molecule has 0 saturated heterocycles. The second-order valence-electron chi connectivity index (χ2n) is 5.78. The lowest BCUT2D eigenvalue weighted by atomic mass is 9.84. The third-order valence-corrected chi connectivity index (χ3v) is 3.40. The van der Waals surface area contributed by atoms with Crippen LogP contribution in [0.2, 0.25) is 5.02 Å². The van der Waals surface area contributed by atoms with E-state index < -0.39 is 6.10 Å². The maximum absolute atomic E-state index is 10.7. The molecule has 1 aromatic rings. The normalized spacial score (nSPS) is 15.3. The van der Waals surface area contributed by atoms with E-state index in [-0.39, 0.29) is 11.5 Å². The Hall–Kier alpha value is -0.620. The first-order valence-electron chi connectivity index (χ1n) is 6.82. The van der Waals surface area contributed by atoms with Crippen molar-refractivity contribution >= 4 is 11.6 Å². The molecule has 5 nitrogen and oxygen atoms in total. The molecule has 20 heavy (non-hydrogen) atoms. The van der Waals surface area contributed by atoms with Crippen LogP contribution in [0.3, 0.4) is 0 Å². The molecule has 0 aliphatic heterocycles. The van der Waals surface area contributed by atoms with E-state index in [1.165, 1.54) is 0 Å². The minimum absolute atomic E-state index is 0.213. The molecular weight excluding hydrogens is 280 g/mol. The Morgan fingerprint density at radius 1 is 1.45 bits per heavy atom. The predicted molar refractivity (Wildman–Crippen MR) is 78.9 cm³/mol. The van der Waals surface area contributed by atoms with E-state index in [1.54, 1.807) is 18.0 Å². The van der Waals surface area contributed by atoms with E-state index in [2.05, 4.69) is 5.10 Å². The summed E-state index contributed by atoms with van der Waals surface area (Å²) in [4.78, 5) is 0. The van der Waals surface area contributed by atoms with Gasteiger partial charge in [0.15, 0.2) is 0 Å². The van der Waals surface area contributed by atoms with Crippen molar-refractivity contribution < 1.29 is 14.6 Å². The third kappa shape index (κ3) is 4.19. The molecule has 0 aliphatic rings. The zero-order valence-corrected chi connectivity index (χ0v) is 13.6. The van der Waals surface area contributed by atoms with Gasteiger partial charge in [-0.2, -0.15) is 5.10 Å². The summed E-state index contributed by atoms with van der Waals surface area (Å²) >= 11 is 6.17. The Bertz CT molecular complexity index is 415. The van der Waals surface area contributed by atoms with Crippen molar-refractivity contribution in [3.05, 3.63) is 16.9 Å². The quantitative estimate of drug-likeness (QED) is 0.841. The average molecular weight is 305 g/mol.